The third-order valence-corrected chi connectivity index (χ3v) is 4.54. The Labute approximate surface area is 159 Å². The summed E-state index contributed by atoms with van der Waals surface area (Å²) in [4.78, 5) is 11.7. The Morgan fingerprint density at radius 1 is 1.22 bits per heavy atom. The van der Waals surface area contributed by atoms with Crippen molar-refractivity contribution >= 4 is 22.7 Å². The highest BCUT2D eigenvalue weighted by Crippen LogP contribution is 2.34. The van der Waals surface area contributed by atoms with Crippen molar-refractivity contribution in [2.24, 2.45) is 0 Å². The maximum Gasteiger partial charge on any atom is 0.416 e. The molecular formula is C19H20F3NO3S. The van der Waals surface area contributed by atoms with Crippen LogP contribution >= 0.6 is 11.8 Å². The number of aryl methyl sites for hydroxylation is 2. The number of rotatable bonds is 5. The van der Waals surface area contributed by atoms with Crippen molar-refractivity contribution in [1.29, 1.82) is 0 Å². The van der Waals surface area contributed by atoms with Crippen LogP contribution in [0.15, 0.2) is 36.4 Å². The molecule has 1 amide bonds. The van der Waals surface area contributed by atoms with E-state index in [-0.39, 0.29) is 17.9 Å². The molecule has 0 radical (unpaired) electrons. The van der Waals surface area contributed by atoms with Gasteiger partial charge in [-0.25, -0.2) is 0 Å². The van der Waals surface area contributed by atoms with E-state index >= 15 is 0 Å². The Hall–Kier alpha value is -2.19. The number of hydrogen-bond donors (Lipinski definition) is 1. The van der Waals surface area contributed by atoms with E-state index in [9.17, 15) is 23.2 Å². The number of benzene rings is 2. The first-order valence-electron chi connectivity index (χ1n) is 8.16. The Bertz CT molecular complexity index is 824. The zero-order chi connectivity index (χ0) is 20.2. The quantitative estimate of drug-likeness (QED) is 0.507. The minimum absolute atomic E-state index is 0.0497. The number of hydroxylamine groups is 1. The van der Waals surface area contributed by atoms with Crippen LogP contribution in [-0.4, -0.2) is 16.7 Å². The lowest BCUT2D eigenvalue weighted by molar-refractivity contribution is -0.137. The molecule has 2 aromatic carbocycles. The maximum absolute atomic E-state index is 13.0. The number of carbonyl (C=O) groups excluding carboxylic acids is 1. The van der Waals surface area contributed by atoms with Gasteiger partial charge in [0.15, 0.2) is 0 Å². The lowest BCUT2D eigenvalue weighted by Crippen LogP contribution is -2.24. The van der Waals surface area contributed by atoms with Gasteiger partial charge in [-0.05, 0) is 55.0 Å². The summed E-state index contributed by atoms with van der Waals surface area (Å²) in [7, 11) is 0. The van der Waals surface area contributed by atoms with Gasteiger partial charge < -0.3 is 4.74 Å². The molecule has 0 aliphatic heterocycles. The van der Waals surface area contributed by atoms with Crippen LogP contribution in [0.5, 0.6) is 5.75 Å². The maximum atomic E-state index is 13.0. The van der Waals surface area contributed by atoms with Crippen molar-refractivity contribution in [3.05, 3.63) is 58.7 Å². The fourth-order valence-corrected chi connectivity index (χ4v) is 2.79. The number of carbonyl (C=O) groups is 1. The Kier molecular flexibility index (Phi) is 6.78. The van der Waals surface area contributed by atoms with Crippen LogP contribution < -0.4 is 9.80 Å². The molecule has 0 atom stereocenters. The van der Waals surface area contributed by atoms with Crippen LogP contribution in [0.4, 0.5) is 23.7 Å². The number of amides is 1. The molecule has 0 fully saturated rings. The predicted molar refractivity (Wildman–Crippen MR) is 99.5 cm³/mol. The minimum Gasteiger partial charge on any atom is -0.489 e. The summed E-state index contributed by atoms with van der Waals surface area (Å²) in [6.45, 7) is 3.63. The smallest absolute Gasteiger partial charge is 0.416 e. The van der Waals surface area contributed by atoms with Crippen molar-refractivity contribution in [2.75, 3.05) is 11.3 Å². The third-order valence-electron chi connectivity index (χ3n) is 4.01. The van der Waals surface area contributed by atoms with Crippen molar-refractivity contribution in [1.82, 2.24) is 0 Å². The number of thioether (sulfide) groups is 1. The molecule has 0 spiro atoms. The molecule has 0 aliphatic carbocycles. The molecule has 146 valence electrons. The summed E-state index contributed by atoms with van der Waals surface area (Å²) in [5.74, 6) is 0.524. The number of nitrogens with zero attached hydrogens (tertiary/aromatic N) is 1. The first kappa shape index (κ1) is 21.1. The molecule has 0 unspecified atom stereocenters. The predicted octanol–water partition coefficient (Wildman–Crippen LogP) is 5.83. The first-order chi connectivity index (χ1) is 12.7. The average Bonchev–Trinajstić information content (AvgIpc) is 2.64. The van der Waals surface area contributed by atoms with E-state index in [0.29, 0.717) is 10.8 Å². The Morgan fingerprint density at radius 2 is 1.93 bits per heavy atom. The molecule has 0 aromatic heterocycles. The topological polar surface area (TPSA) is 49.8 Å². The molecule has 0 aliphatic rings. The van der Waals surface area contributed by atoms with E-state index < -0.39 is 17.0 Å². The van der Waals surface area contributed by atoms with Gasteiger partial charge in [-0.15, -0.1) is 0 Å². The van der Waals surface area contributed by atoms with Crippen LogP contribution in [0.25, 0.3) is 0 Å². The second kappa shape index (κ2) is 8.67. The van der Waals surface area contributed by atoms with Crippen LogP contribution in [0, 0.1) is 6.92 Å². The van der Waals surface area contributed by atoms with Crippen molar-refractivity contribution in [3.8, 4) is 5.75 Å². The SMILES string of the molecule is CCc1ccc(OCc2cc(C(F)(F)F)ccc2N(O)C(=O)SC)c(C)c1. The molecule has 0 bridgehead atoms. The van der Waals surface area contributed by atoms with Crippen LogP contribution in [0.1, 0.15) is 29.2 Å². The van der Waals surface area contributed by atoms with E-state index in [1.165, 1.54) is 6.26 Å². The number of anilines is 1. The molecule has 1 N–H and O–H groups in total. The average molecular weight is 399 g/mol. The largest absolute Gasteiger partial charge is 0.489 e. The highest BCUT2D eigenvalue weighted by Gasteiger charge is 2.32. The summed E-state index contributed by atoms with van der Waals surface area (Å²) in [5, 5.41) is 9.63. The molecule has 8 heteroatoms. The molecule has 0 saturated heterocycles. The van der Waals surface area contributed by atoms with Gasteiger partial charge in [0, 0.05) is 5.56 Å². The molecule has 0 saturated carbocycles. The van der Waals surface area contributed by atoms with Crippen molar-refractivity contribution in [2.45, 2.75) is 33.1 Å². The minimum atomic E-state index is -4.55. The highest BCUT2D eigenvalue weighted by molar-refractivity contribution is 8.13. The second-order valence-electron chi connectivity index (χ2n) is 5.87. The van der Waals surface area contributed by atoms with E-state index in [2.05, 4.69) is 0 Å². The van der Waals surface area contributed by atoms with Gasteiger partial charge >= 0.3 is 11.4 Å². The first-order valence-corrected chi connectivity index (χ1v) is 9.39. The number of alkyl halides is 3. The van der Waals surface area contributed by atoms with Crippen molar-refractivity contribution < 1.29 is 27.9 Å². The summed E-state index contributed by atoms with van der Waals surface area (Å²) in [6.07, 6.45) is -2.23. The zero-order valence-electron chi connectivity index (χ0n) is 15.1. The Morgan fingerprint density at radius 3 is 2.48 bits per heavy atom. The van der Waals surface area contributed by atoms with Crippen LogP contribution in [0.3, 0.4) is 0 Å². The summed E-state index contributed by atoms with van der Waals surface area (Å²) < 4.78 is 44.8. The standard InChI is InChI=1S/C19H20F3NO3S/c1-4-13-5-8-17(12(2)9-13)26-11-14-10-15(19(20,21)22)6-7-16(14)23(25)18(24)27-3/h5-10,25H,4,11H2,1-3H3. The monoisotopic (exact) mass is 399 g/mol. The number of halogens is 3. The highest BCUT2D eigenvalue weighted by atomic mass is 32.2. The van der Waals surface area contributed by atoms with Gasteiger partial charge in [0.1, 0.15) is 12.4 Å². The normalized spacial score (nSPS) is 11.4. The Balaban J connectivity index is 2.35. The van der Waals surface area contributed by atoms with Crippen LogP contribution in [0.2, 0.25) is 0 Å². The van der Waals surface area contributed by atoms with E-state index in [1.54, 1.807) is 6.07 Å². The van der Waals surface area contributed by atoms with Gasteiger partial charge in [-0.2, -0.15) is 18.2 Å². The van der Waals surface area contributed by atoms with Gasteiger partial charge in [0.25, 0.3) is 0 Å². The summed E-state index contributed by atoms with van der Waals surface area (Å²) >= 11 is 0.741. The molecular weight excluding hydrogens is 379 g/mol. The van der Waals surface area contributed by atoms with E-state index in [4.69, 9.17) is 4.74 Å². The molecule has 27 heavy (non-hydrogen) atoms. The number of hydrogen-bond acceptors (Lipinski definition) is 4. The fraction of sp³-hybridized carbons (Fsp3) is 0.316. The summed E-state index contributed by atoms with van der Waals surface area (Å²) in [6, 6.07) is 8.33. The molecule has 0 heterocycles. The van der Waals surface area contributed by atoms with Gasteiger partial charge in [0.2, 0.25) is 0 Å². The second-order valence-corrected chi connectivity index (χ2v) is 6.62. The van der Waals surface area contributed by atoms with Gasteiger partial charge in [0.05, 0.1) is 11.3 Å². The molecule has 4 nitrogen and oxygen atoms in total. The van der Waals surface area contributed by atoms with Crippen molar-refractivity contribution in [3.63, 3.8) is 0 Å². The molecule has 2 rings (SSSR count). The lowest BCUT2D eigenvalue weighted by atomic mass is 10.1. The van der Waals surface area contributed by atoms with Gasteiger partial charge in [-0.1, -0.05) is 30.8 Å². The van der Waals surface area contributed by atoms with Gasteiger partial charge in [-0.3, -0.25) is 10.0 Å². The van der Waals surface area contributed by atoms with E-state index in [0.717, 1.165) is 47.5 Å². The molecule has 2 aromatic rings. The fourth-order valence-electron chi connectivity index (χ4n) is 2.52. The summed E-state index contributed by atoms with van der Waals surface area (Å²) in [5.41, 5.74) is 1.09. The zero-order valence-corrected chi connectivity index (χ0v) is 15.9. The number of ether oxygens (including phenoxy) is 1. The lowest BCUT2D eigenvalue weighted by Gasteiger charge is -2.20. The van der Waals surface area contributed by atoms with Crippen LogP contribution in [-0.2, 0) is 19.2 Å². The van der Waals surface area contributed by atoms with E-state index in [1.807, 2.05) is 26.0 Å². The third kappa shape index (κ3) is 5.17.